The van der Waals surface area contributed by atoms with Crippen molar-refractivity contribution in [1.82, 2.24) is 14.8 Å². The number of pyridine rings is 1. The van der Waals surface area contributed by atoms with Crippen molar-refractivity contribution in [3.63, 3.8) is 0 Å². The first kappa shape index (κ1) is 12.8. The van der Waals surface area contributed by atoms with Crippen LogP contribution >= 0.6 is 11.6 Å². The second-order valence-electron chi connectivity index (χ2n) is 3.44. The first-order valence-electron chi connectivity index (χ1n) is 4.80. The van der Waals surface area contributed by atoms with Crippen molar-refractivity contribution in [1.29, 1.82) is 0 Å². The van der Waals surface area contributed by atoms with Gasteiger partial charge in [0, 0.05) is 18.0 Å². The maximum absolute atomic E-state index is 12.4. The Kier molecular flexibility index (Phi) is 3.27. The molecule has 0 unspecified atom stereocenters. The van der Waals surface area contributed by atoms with E-state index >= 15 is 0 Å². The van der Waals surface area contributed by atoms with Gasteiger partial charge in [-0.15, -0.1) is 0 Å². The molecule has 18 heavy (non-hydrogen) atoms. The van der Waals surface area contributed by atoms with Crippen LogP contribution in [0.3, 0.4) is 0 Å². The van der Waals surface area contributed by atoms with Crippen LogP contribution in [0.5, 0.6) is 0 Å². The van der Waals surface area contributed by atoms with Gasteiger partial charge in [-0.1, -0.05) is 11.6 Å². The highest BCUT2D eigenvalue weighted by molar-refractivity contribution is 6.31. The lowest BCUT2D eigenvalue weighted by atomic mass is 10.3. The molecule has 2 rings (SSSR count). The molecule has 0 spiro atoms. The van der Waals surface area contributed by atoms with E-state index in [4.69, 9.17) is 16.7 Å². The molecule has 0 aliphatic rings. The van der Waals surface area contributed by atoms with Crippen LogP contribution < -0.4 is 0 Å². The molecule has 0 aliphatic heterocycles. The molecule has 0 radical (unpaired) electrons. The normalized spacial score (nSPS) is 11.8. The summed E-state index contributed by atoms with van der Waals surface area (Å²) in [5.41, 5.74) is -0.643. The van der Waals surface area contributed by atoms with Crippen molar-refractivity contribution in [2.45, 2.75) is 12.8 Å². The average Bonchev–Trinajstić information content (AvgIpc) is 2.78. The van der Waals surface area contributed by atoms with Crippen LogP contribution in [-0.4, -0.2) is 19.9 Å². The Hall–Kier alpha value is -1.60. The summed E-state index contributed by atoms with van der Waals surface area (Å²) in [7, 11) is 0. The van der Waals surface area contributed by atoms with E-state index in [1.807, 2.05) is 0 Å². The Labute approximate surface area is 105 Å². The predicted octanol–water partition coefficient (Wildman–Crippen LogP) is 2.43. The Morgan fingerprint density at radius 1 is 1.39 bits per heavy atom. The zero-order valence-corrected chi connectivity index (χ0v) is 9.57. The van der Waals surface area contributed by atoms with Gasteiger partial charge in [-0.25, -0.2) is 9.67 Å². The Balaban J connectivity index is 2.40. The highest BCUT2D eigenvalue weighted by Gasteiger charge is 2.33. The van der Waals surface area contributed by atoms with Crippen LogP contribution in [0.25, 0.3) is 5.82 Å². The van der Waals surface area contributed by atoms with Crippen molar-refractivity contribution >= 4 is 11.6 Å². The minimum absolute atomic E-state index is 0.152. The largest absolute Gasteiger partial charge is 0.435 e. The first-order valence-corrected chi connectivity index (χ1v) is 5.18. The number of hydrogen-bond donors (Lipinski definition) is 1. The van der Waals surface area contributed by atoms with E-state index in [0.717, 1.165) is 16.9 Å². The number of hydrogen-bond acceptors (Lipinski definition) is 3. The molecule has 8 heteroatoms. The van der Waals surface area contributed by atoms with Gasteiger partial charge in [-0.2, -0.15) is 18.3 Å². The third-order valence-corrected chi connectivity index (χ3v) is 2.55. The van der Waals surface area contributed by atoms with Gasteiger partial charge in [0.1, 0.15) is 0 Å². The van der Waals surface area contributed by atoms with Crippen LogP contribution in [0, 0.1) is 0 Å². The lowest BCUT2D eigenvalue weighted by molar-refractivity contribution is -0.141. The molecule has 2 heterocycles. The highest BCUT2D eigenvalue weighted by atomic mass is 35.5. The van der Waals surface area contributed by atoms with E-state index in [-0.39, 0.29) is 17.4 Å². The molecule has 4 nitrogen and oxygen atoms in total. The number of halogens is 4. The standard InChI is InChI=1S/C10H7ClF3N3O/c11-7-4-15-9(3-6(7)5-18)17-2-1-8(16-17)10(12,13)14/h1-4,18H,5H2. The molecule has 0 aromatic carbocycles. The van der Waals surface area contributed by atoms with Gasteiger partial charge in [-0.05, 0) is 12.1 Å². The van der Waals surface area contributed by atoms with Gasteiger partial charge in [-0.3, -0.25) is 0 Å². The van der Waals surface area contributed by atoms with E-state index in [9.17, 15) is 13.2 Å². The monoisotopic (exact) mass is 277 g/mol. The van der Waals surface area contributed by atoms with Crippen LogP contribution in [0.4, 0.5) is 13.2 Å². The second-order valence-corrected chi connectivity index (χ2v) is 3.84. The van der Waals surface area contributed by atoms with Gasteiger partial charge in [0.05, 0.1) is 11.6 Å². The molecule has 2 aromatic heterocycles. The van der Waals surface area contributed by atoms with E-state index in [2.05, 4.69) is 10.1 Å². The topological polar surface area (TPSA) is 50.9 Å². The van der Waals surface area contributed by atoms with E-state index in [1.54, 1.807) is 0 Å². The van der Waals surface area contributed by atoms with Crippen molar-refractivity contribution in [3.05, 3.63) is 40.8 Å². The highest BCUT2D eigenvalue weighted by Crippen LogP contribution is 2.28. The molecule has 0 fully saturated rings. The molecule has 0 bridgehead atoms. The fourth-order valence-electron chi connectivity index (χ4n) is 1.32. The number of rotatable bonds is 2. The van der Waals surface area contributed by atoms with Gasteiger partial charge in [0.15, 0.2) is 11.5 Å². The van der Waals surface area contributed by atoms with Crippen molar-refractivity contribution in [3.8, 4) is 5.82 Å². The summed E-state index contributed by atoms with van der Waals surface area (Å²) < 4.78 is 38.1. The zero-order chi connectivity index (χ0) is 13.3. The Bertz CT molecular complexity index is 568. The molecule has 2 aromatic rings. The number of alkyl halides is 3. The summed E-state index contributed by atoms with van der Waals surface area (Å²) >= 11 is 5.73. The van der Waals surface area contributed by atoms with E-state index < -0.39 is 11.9 Å². The van der Waals surface area contributed by atoms with Gasteiger partial charge < -0.3 is 5.11 Å². The third-order valence-electron chi connectivity index (χ3n) is 2.20. The van der Waals surface area contributed by atoms with E-state index in [0.29, 0.717) is 5.56 Å². The first-order chi connectivity index (χ1) is 8.41. The molecule has 0 amide bonds. The molecule has 1 N–H and O–H groups in total. The average molecular weight is 278 g/mol. The zero-order valence-electron chi connectivity index (χ0n) is 8.82. The van der Waals surface area contributed by atoms with Crippen molar-refractivity contribution in [2.24, 2.45) is 0 Å². The van der Waals surface area contributed by atoms with E-state index in [1.165, 1.54) is 12.3 Å². The molecule has 0 atom stereocenters. The minimum Gasteiger partial charge on any atom is -0.392 e. The lowest BCUT2D eigenvalue weighted by Crippen LogP contribution is -2.08. The second kappa shape index (κ2) is 4.58. The summed E-state index contributed by atoms with van der Waals surface area (Å²) in [6, 6.07) is 2.21. The quantitative estimate of drug-likeness (QED) is 0.917. The maximum Gasteiger partial charge on any atom is 0.435 e. The molecule has 0 aliphatic carbocycles. The summed E-state index contributed by atoms with van der Waals surface area (Å²) in [6.45, 7) is -0.332. The smallest absolute Gasteiger partial charge is 0.392 e. The van der Waals surface area contributed by atoms with Gasteiger partial charge >= 0.3 is 6.18 Å². The molecule has 96 valence electrons. The number of nitrogens with zero attached hydrogens (tertiary/aromatic N) is 3. The summed E-state index contributed by atoms with van der Waals surface area (Å²) in [4.78, 5) is 3.84. The Morgan fingerprint density at radius 3 is 2.67 bits per heavy atom. The van der Waals surface area contributed by atoms with Gasteiger partial charge in [0.25, 0.3) is 0 Å². The Morgan fingerprint density at radius 2 is 2.11 bits per heavy atom. The summed E-state index contributed by atoms with van der Waals surface area (Å²) in [6.07, 6.45) is -2.12. The molecule has 0 saturated carbocycles. The lowest BCUT2D eigenvalue weighted by Gasteiger charge is -2.05. The number of aromatic nitrogens is 3. The third kappa shape index (κ3) is 2.46. The molecular formula is C10H7ClF3N3O. The van der Waals surface area contributed by atoms with Crippen LogP contribution in [0.2, 0.25) is 5.02 Å². The van der Waals surface area contributed by atoms with Crippen molar-refractivity contribution in [2.75, 3.05) is 0 Å². The van der Waals surface area contributed by atoms with Gasteiger partial charge in [0.2, 0.25) is 0 Å². The summed E-state index contributed by atoms with van der Waals surface area (Å²) in [5, 5.41) is 12.6. The van der Waals surface area contributed by atoms with Crippen LogP contribution in [0.1, 0.15) is 11.3 Å². The molecular weight excluding hydrogens is 271 g/mol. The molecule has 0 saturated heterocycles. The minimum atomic E-state index is -4.50. The maximum atomic E-state index is 12.4. The predicted molar refractivity (Wildman–Crippen MR) is 57.3 cm³/mol. The van der Waals surface area contributed by atoms with Crippen LogP contribution in [0.15, 0.2) is 24.5 Å². The SMILES string of the molecule is OCc1cc(-n2ccc(C(F)(F)F)n2)ncc1Cl. The fourth-order valence-corrected chi connectivity index (χ4v) is 1.48. The number of aliphatic hydroxyl groups excluding tert-OH is 1. The fraction of sp³-hybridized carbons (Fsp3) is 0.200. The number of aliphatic hydroxyl groups is 1. The van der Waals surface area contributed by atoms with Crippen LogP contribution in [-0.2, 0) is 12.8 Å². The van der Waals surface area contributed by atoms with Crippen molar-refractivity contribution < 1.29 is 18.3 Å². The summed E-state index contributed by atoms with van der Waals surface area (Å²) in [5.74, 6) is 0.152.